The molecule has 1 heterocycles. The van der Waals surface area contributed by atoms with Crippen molar-refractivity contribution in [3.05, 3.63) is 28.8 Å². The fourth-order valence-corrected chi connectivity index (χ4v) is 1.75. The van der Waals surface area contributed by atoms with Crippen molar-refractivity contribution in [3.8, 4) is 5.75 Å². The lowest BCUT2D eigenvalue weighted by Gasteiger charge is -2.06. The second-order valence-electron chi connectivity index (χ2n) is 3.62. The van der Waals surface area contributed by atoms with Gasteiger partial charge in [-0.05, 0) is 35.5 Å². The first-order valence-electron chi connectivity index (χ1n) is 5.56. The number of carbonyl (C=O) groups is 1. The van der Waals surface area contributed by atoms with Crippen LogP contribution < -0.4 is 10.1 Å². The van der Waals surface area contributed by atoms with Crippen LogP contribution in [0.4, 0.5) is 5.95 Å². The highest BCUT2D eigenvalue weighted by Gasteiger charge is 2.12. The van der Waals surface area contributed by atoms with E-state index in [0.29, 0.717) is 28.8 Å². The van der Waals surface area contributed by atoms with Gasteiger partial charge >= 0.3 is 0 Å². The lowest BCUT2D eigenvalue weighted by molar-refractivity contribution is 0.102. The minimum atomic E-state index is -0.339. The molecule has 0 radical (unpaired) electrons. The van der Waals surface area contributed by atoms with E-state index in [1.165, 1.54) is 17.9 Å². The Labute approximate surface area is 114 Å². The molecule has 2 aromatic rings. The molecule has 1 aromatic carbocycles. The normalized spacial score (nSPS) is 10.3. The van der Waals surface area contributed by atoms with Crippen molar-refractivity contribution in [2.45, 2.75) is 13.5 Å². The Morgan fingerprint density at radius 2 is 2.32 bits per heavy atom. The number of hydrogen-bond acceptors (Lipinski definition) is 5. The third-order valence-electron chi connectivity index (χ3n) is 2.47. The van der Waals surface area contributed by atoms with Crippen molar-refractivity contribution in [1.82, 2.24) is 20.2 Å². The molecule has 1 aromatic heterocycles. The number of tetrazole rings is 1. The van der Waals surface area contributed by atoms with Crippen LogP contribution in [-0.2, 0) is 6.54 Å². The number of aryl methyl sites for hydroxylation is 1. The van der Waals surface area contributed by atoms with Crippen LogP contribution in [0.5, 0.6) is 5.75 Å². The fraction of sp³-hybridized carbons (Fsp3) is 0.273. The summed E-state index contributed by atoms with van der Waals surface area (Å²) in [6.45, 7) is 2.43. The van der Waals surface area contributed by atoms with Crippen molar-refractivity contribution in [3.63, 3.8) is 0 Å². The monoisotopic (exact) mass is 281 g/mol. The predicted molar refractivity (Wildman–Crippen MR) is 69.4 cm³/mol. The number of methoxy groups -OCH3 is 1. The number of ether oxygens (including phenoxy) is 1. The Balaban J connectivity index is 2.18. The van der Waals surface area contributed by atoms with E-state index >= 15 is 0 Å². The minimum absolute atomic E-state index is 0.291. The van der Waals surface area contributed by atoms with Crippen LogP contribution in [0.15, 0.2) is 18.2 Å². The second-order valence-corrected chi connectivity index (χ2v) is 4.03. The third kappa shape index (κ3) is 2.82. The van der Waals surface area contributed by atoms with Gasteiger partial charge in [0.1, 0.15) is 5.75 Å². The summed E-state index contributed by atoms with van der Waals surface area (Å²) in [4.78, 5) is 12.0. The van der Waals surface area contributed by atoms with Gasteiger partial charge in [0.05, 0.1) is 12.1 Å². The molecule has 0 aliphatic heterocycles. The zero-order valence-corrected chi connectivity index (χ0v) is 11.2. The number of benzene rings is 1. The summed E-state index contributed by atoms with van der Waals surface area (Å²) in [5.41, 5.74) is 0.399. The van der Waals surface area contributed by atoms with E-state index in [1.807, 2.05) is 6.92 Å². The Bertz CT molecular complexity index is 599. The third-order valence-corrected chi connectivity index (χ3v) is 2.77. The molecule has 0 atom stereocenters. The van der Waals surface area contributed by atoms with Gasteiger partial charge in [0.2, 0.25) is 5.95 Å². The number of nitrogens with one attached hydrogen (secondary N) is 1. The highest BCUT2D eigenvalue weighted by atomic mass is 35.5. The average molecular weight is 282 g/mol. The van der Waals surface area contributed by atoms with E-state index < -0.39 is 0 Å². The molecule has 19 heavy (non-hydrogen) atoms. The number of nitrogens with zero attached hydrogens (tertiary/aromatic N) is 4. The van der Waals surface area contributed by atoms with E-state index in [2.05, 4.69) is 20.8 Å². The Kier molecular flexibility index (Phi) is 3.96. The highest BCUT2D eigenvalue weighted by molar-refractivity contribution is 6.32. The van der Waals surface area contributed by atoms with Crippen LogP contribution in [0, 0.1) is 0 Å². The molecule has 8 heteroatoms. The first kappa shape index (κ1) is 13.3. The molecule has 0 saturated carbocycles. The summed E-state index contributed by atoms with van der Waals surface area (Å²) in [5, 5.41) is 13.9. The van der Waals surface area contributed by atoms with Gasteiger partial charge in [-0.15, -0.1) is 0 Å². The molecule has 0 bridgehead atoms. The molecule has 7 nitrogen and oxygen atoms in total. The molecule has 100 valence electrons. The molecular weight excluding hydrogens is 270 g/mol. The second kappa shape index (κ2) is 5.66. The molecule has 0 aliphatic carbocycles. The first-order chi connectivity index (χ1) is 9.15. The Hall–Kier alpha value is -2.15. The number of amides is 1. The standard InChI is InChI=1S/C11H12ClN5O2/c1-3-17-11(14-15-16-17)13-10(18)7-4-5-9(19-2)8(12)6-7/h4-6H,3H2,1-2H3,(H,13,14,16,18). The van der Waals surface area contributed by atoms with E-state index in [-0.39, 0.29) is 5.91 Å². The van der Waals surface area contributed by atoms with Gasteiger partial charge in [0, 0.05) is 12.1 Å². The van der Waals surface area contributed by atoms with Gasteiger partial charge in [-0.2, -0.15) is 0 Å². The van der Waals surface area contributed by atoms with Crippen molar-refractivity contribution >= 4 is 23.5 Å². The smallest absolute Gasteiger partial charge is 0.258 e. The Morgan fingerprint density at radius 1 is 1.53 bits per heavy atom. The number of carbonyl (C=O) groups excluding carboxylic acids is 1. The lowest BCUT2D eigenvalue weighted by Crippen LogP contribution is -2.16. The van der Waals surface area contributed by atoms with Gasteiger partial charge in [-0.3, -0.25) is 10.1 Å². The van der Waals surface area contributed by atoms with Crippen LogP contribution in [-0.4, -0.2) is 33.2 Å². The average Bonchev–Trinajstić information content (AvgIpc) is 2.85. The van der Waals surface area contributed by atoms with E-state index in [9.17, 15) is 4.79 Å². The van der Waals surface area contributed by atoms with Crippen molar-refractivity contribution in [2.24, 2.45) is 0 Å². The molecule has 0 spiro atoms. The van der Waals surface area contributed by atoms with Crippen LogP contribution >= 0.6 is 11.6 Å². The van der Waals surface area contributed by atoms with Gasteiger partial charge in [-0.1, -0.05) is 16.7 Å². The fourth-order valence-electron chi connectivity index (χ4n) is 1.49. The molecule has 0 saturated heterocycles. The molecule has 1 N–H and O–H groups in total. The van der Waals surface area contributed by atoms with E-state index in [4.69, 9.17) is 16.3 Å². The topological polar surface area (TPSA) is 81.9 Å². The van der Waals surface area contributed by atoms with Crippen LogP contribution in [0.1, 0.15) is 17.3 Å². The van der Waals surface area contributed by atoms with Crippen molar-refractivity contribution < 1.29 is 9.53 Å². The summed E-state index contributed by atoms with van der Waals surface area (Å²) in [6.07, 6.45) is 0. The summed E-state index contributed by atoms with van der Waals surface area (Å²) >= 11 is 5.96. The summed E-state index contributed by atoms with van der Waals surface area (Å²) in [6, 6.07) is 4.76. The van der Waals surface area contributed by atoms with E-state index in [1.54, 1.807) is 12.1 Å². The van der Waals surface area contributed by atoms with Crippen LogP contribution in [0.25, 0.3) is 0 Å². The lowest BCUT2D eigenvalue weighted by atomic mass is 10.2. The van der Waals surface area contributed by atoms with Crippen molar-refractivity contribution in [2.75, 3.05) is 12.4 Å². The zero-order chi connectivity index (χ0) is 13.8. The minimum Gasteiger partial charge on any atom is -0.495 e. The Morgan fingerprint density at radius 3 is 2.95 bits per heavy atom. The summed E-state index contributed by atoms with van der Waals surface area (Å²) in [5.74, 6) is 0.463. The first-order valence-corrected chi connectivity index (χ1v) is 5.94. The summed E-state index contributed by atoms with van der Waals surface area (Å²) in [7, 11) is 1.51. The SMILES string of the molecule is CCn1nnnc1NC(=O)c1ccc(OC)c(Cl)c1. The maximum Gasteiger partial charge on any atom is 0.258 e. The van der Waals surface area contributed by atoms with Gasteiger partial charge in [0.25, 0.3) is 5.91 Å². The van der Waals surface area contributed by atoms with Crippen LogP contribution in [0.2, 0.25) is 5.02 Å². The summed E-state index contributed by atoms with van der Waals surface area (Å²) < 4.78 is 6.50. The van der Waals surface area contributed by atoms with Gasteiger partial charge < -0.3 is 4.74 Å². The number of hydrogen-bond donors (Lipinski definition) is 1. The maximum absolute atomic E-state index is 12.0. The molecule has 0 unspecified atom stereocenters. The van der Waals surface area contributed by atoms with Crippen LogP contribution in [0.3, 0.4) is 0 Å². The number of aromatic nitrogens is 4. The number of rotatable bonds is 4. The predicted octanol–water partition coefficient (Wildman–Crippen LogP) is 1.61. The zero-order valence-electron chi connectivity index (χ0n) is 10.4. The number of anilines is 1. The number of halogens is 1. The molecule has 1 amide bonds. The molecule has 0 fully saturated rings. The maximum atomic E-state index is 12.0. The van der Waals surface area contributed by atoms with Crippen molar-refractivity contribution in [1.29, 1.82) is 0 Å². The molecule has 0 aliphatic rings. The largest absolute Gasteiger partial charge is 0.495 e. The van der Waals surface area contributed by atoms with Gasteiger partial charge in [0.15, 0.2) is 0 Å². The van der Waals surface area contributed by atoms with Gasteiger partial charge in [-0.25, -0.2) is 4.68 Å². The molecular formula is C11H12ClN5O2. The quantitative estimate of drug-likeness (QED) is 0.920. The van der Waals surface area contributed by atoms with E-state index in [0.717, 1.165) is 0 Å². The highest BCUT2D eigenvalue weighted by Crippen LogP contribution is 2.25. The molecule has 2 rings (SSSR count).